The normalized spacial score (nSPS) is 39.6. The molecule has 3 aliphatic rings. The smallest absolute Gasteiger partial charge is 0.344 e. The minimum Gasteiger partial charge on any atom is -0.460 e. The number of hydrogen-bond acceptors (Lipinski definition) is 4. The highest BCUT2D eigenvalue weighted by Gasteiger charge is 2.59. The van der Waals surface area contributed by atoms with E-state index in [2.05, 4.69) is 27.7 Å². The van der Waals surface area contributed by atoms with Crippen LogP contribution in [0.1, 0.15) is 99.3 Å². The van der Waals surface area contributed by atoms with E-state index < -0.39 is 11.4 Å². The summed E-state index contributed by atoms with van der Waals surface area (Å²) in [5.41, 5.74) is -0.266. The van der Waals surface area contributed by atoms with Crippen LogP contribution in [-0.4, -0.2) is 24.6 Å². The van der Waals surface area contributed by atoms with Crippen molar-refractivity contribution in [1.82, 2.24) is 0 Å². The first-order valence-electron chi connectivity index (χ1n) is 12.5. The maximum absolute atomic E-state index is 13.2. The summed E-state index contributed by atoms with van der Waals surface area (Å²) in [6, 6.07) is 0. The third kappa shape index (κ3) is 4.43. The van der Waals surface area contributed by atoms with Gasteiger partial charge in [0.2, 0.25) is 0 Å². The maximum Gasteiger partial charge on any atom is 0.344 e. The average molecular weight is 421 g/mol. The summed E-state index contributed by atoms with van der Waals surface area (Å²) in [6.45, 7) is 12.9. The monoisotopic (exact) mass is 420 g/mol. The Balaban J connectivity index is 1.69. The van der Waals surface area contributed by atoms with Crippen molar-refractivity contribution < 1.29 is 19.1 Å². The molecule has 0 aromatic rings. The highest BCUT2D eigenvalue weighted by molar-refractivity contribution is 5.80. The van der Waals surface area contributed by atoms with Gasteiger partial charge in [0.05, 0.1) is 11.5 Å². The largest absolute Gasteiger partial charge is 0.460 e. The summed E-state index contributed by atoms with van der Waals surface area (Å²) in [5.74, 6) is 2.92. The molecule has 0 aromatic carbocycles. The Kier molecular flexibility index (Phi) is 7.24. The van der Waals surface area contributed by atoms with Gasteiger partial charge in [-0.1, -0.05) is 34.1 Å². The van der Waals surface area contributed by atoms with Gasteiger partial charge in [-0.25, -0.2) is 4.79 Å². The average Bonchev–Trinajstić information content (AvgIpc) is 2.71. The van der Waals surface area contributed by atoms with Gasteiger partial charge in [0.1, 0.15) is 0 Å². The molecule has 0 saturated heterocycles. The van der Waals surface area contributed by atoms with Crippen molar-refractivity contribution >= 4 is 11.9 Å². The van der Waals surface area contributed by atoms with Crippen LogP contribution in [0.5, 0.6) is 0 Å². The molecule has 0 radical (unpaired) electrons. The predicted octanol–water partition coefficient (Wildman–Crippen LogP) is 6.17. The molecular weight excluding hydrogens is 376 g/mol. The second-order valence-electron chi connectivity index (χ2n) is 11.4. The van der Waals surface area contributed by atoms with Gasteiger partial charge >= 0.3 is 11.9 Å². The van der Waals surface area contributed by atoms with Gasteiger partial charge in [0.15, 0.2) is 6.61 Å². The van der Waals surface area contributed by atoms with E-state index in [0.717, 1.165) is 49.4 Å². The van der Waals surface area contributed by atoms with E-state index >= 15 is 0 Å². The second-order valence-corrected chi connectivity index (χ2v) is 11.4. The Labute approximate surface area is 183 Å². The topological polar surface area (TPSA) is 52.6 Å². The molecule has 0 aliphatic heterocycles. The van der Waals surface area contributed by atoms with Crippen LogP contribution in [0.15, 0.2) is 0 Å². The number of rotatable bonds is 6. The van der Waals surface area contributed by atoms with Crippen molar-refractivity contribution in [3.8, 4) is 0 Å². The van der Waals surface area contributed by atoms with Crippen LogP contribution in [0.3, 0.4) is 0 Å². The molecule has 0 N–H and O–H groups in total. The predicted molar refractivity (Wildman–Crippen MR) is 119 cm³/mol. The van der Waals surface area contributed by atoms with E-state index in [1.54, 1.807) is 0 Å². The molecule has 0 spiro atoms. The zero-order chi connectivity index (χ0) is 22.1. The van der Waals surface area contributed by atoms with Crippen molar-refractivity contribution in [2.24, 2.45) is 40.4 Å². The molecule has 3 saturated carbocycles. The first-order valence-corrected chi connectivity index (χ1v) is 12.5. The van der Waals surface area contributed by atoms with Crippen molar-refractivity contribution in [1.29, 1.82) is 0 Å². The van der Waals surface area contributed by atoms with Gasteiger partial charge in [-0.05, 0) is 100 Å². The Hall–Kier alpha value is -1.06. The first-order chi connectivity index (χ1) is 14.1. The van der Waals surface area contributed by atoms with E-state index in [9.17, 15) is 9.59 Å². The van der Waals surface area contributed by atoms with E-state index in [1.807, 2.05) is 13.8 Å². The van der Waals surface area contributed by atoms with E-state index in [-0.39, 0.29) is 24.1 Å². The fraction of sp³-hybridized carbons (Fsp3) is 0.923. The minimum absolute atomic E-state index is 0.138. The molecule has 7 atom stereocenters. The minimum atomic E-state index is -0.483. The van der Waals surface area contributed by atoms with Crippen LogP contribution >= 0.6 is 0 Å². The third-order valence-electron chi connectivity index (χ3n) is 9.31. The molecule has 0 amide bonds. The van der Waals surface area contributed by atoms with Crippen LogP contribution in [0.4, 0.5) is 0 Å². The summed E-state index contributed by atoms with van der Waals surface area (Å²) >= 11 is 0. The third-order valence-corrected chi connectivity index (χ3v) is 9.31. The molecule has 0 heterocycles. The number of fused-ring (bicyclic) bond motifs is 3. The van der Waals surface area contributed by atoms with Crippen LogP contribution in [0.2, 0.25) is 0 Å². The van der Waals surface area contributed by atoms with Crippen molar-refractivity contribution in [2.75, 3.05) is 6.61 Å². The highest BCUT2D eigenvalue weighted by Crippen LogP contribution is 2.64. The molecule has 0 aromatic heterocycles. The molecule has 4 unspecified atom stereocenters. The van der Waals surface area contributed by atoms with E-state index in [4.69, 9.17) is 9.47 Å². The molecule has 172 valence electrons. The maximum atomic E-state index is 13.2. The van der Waals surface area contributed by atoms with Gasteiger partial charge in [-0.2, -0.15) is 0 Å². The fourth-order valence-electron chi connectivity index (χ4n) is 7.35. The van der Waals surface area contributed by atoms with E-state index in [0.29, 0.717) is 5.92 Å². The zero-order valence-corrected chi connectivity index (χ0v) is 20.2. The number of carbonyl (C=O) groups is 2. The number of ether oxygens (including phenoxy) is 2. The molecule has 30 heavy (non-hydrogen) atoms. The standard InChI is InChI=1S/C26H44O4/c1-7-18(4)30-23(27)16-29-24(28)26(6)14-8-13-25(5)21-11-9-19(17(2)3)15-20(21)10-12-22(25)26/h17-22H,7-16H2,1-6H3/t18?,19?,20?,21-,22?,25-,26+/m1/s1. The zero-order valence-electron chi connectivity index (χ0n) is 20.2. The van der Waals surface area contributed by atoms with Crippen molar-refractivity contribution in [3.05, 3.63) is 0 Å². The SMILES string of the molecule is CCC(C)OC(=O)COC(=O)[C@@]1(C)CCC[C@@]2(C)C1CCC1CC(C(C)C)CC[C@H]12. The summed E-state index contributed by atoms with van der Waals surface area (Å²) in [6.07, 6.45) is 10.2. The lowest BCUT2D eigenvalue weighted by atomic mass is 9.43. The summed E-state index contributed by atoms with van der Waals surface area (Å²) in [7, 11) is 0. The van der Waals surface area contributed by atoms with Gasteiger partial charge in [-0.15, -0.1) is 0 Å². The van der Waals surface area contributed by atoms with Gasteiger partial charge in [0, 0.05) is 0 Å². The quantitative estimate of drug-likeness (QED) is 0.482. The van der Waals surface area contributed by atoms with Crippen LogP contribution in [0.25, 0.3) is 0 Å². The molecule has 3 fully saturated rings. The Morgan fingerprint density at radius 2 is 1.77 bits per heavy atom. The Morgan fingerprint density at radius 3 is 2.43 bits per heavy atom. The number of esters is 2. The number of carbonyl (C=O) groups excluding carboxylic acids is 2. The summed E-state index contributed by atoms with van der Waals surface area (Å²) in [4.78, 5) is 25.3. The van der Waals surface area contributed by atoms with Crippen LogP contribution in [0, 0.1) is 40.4 Å². The molecule has 4 nitrogen and oxygen atoms in total. The highest BCUT2D eigenvalue weighted by atomic mass is 16.6. The molecule has 3 rings (SSSR count). The Morgan fingerprint density at radius 1 is 1.03 bits per heavy atom. The molecule has 4 heteroatoms. The van der Waals surface area contributed by atoms with Gasteiger partial charge in [-0.3, -0.25) is 4.79 Å². The van der Waals surface area contributed by atoms with Crippen molar-refractivity contribution in [3.63, 3.8) is 0 Å². The first kappa shape index (κ1) is 23.6. The lowest BCUT2D eigenvalue weighted by molar-refractivity contribution is -0.183. The van der Waals surface area contributed by atoms with Gasteiger partial charge < -0.3 is 9.47 Å². The second kappa shape index (κ2) is 9.20. The lowest BCUT2D eigenvalue weighted by Gasteiger charge is -2.61. The van der Waals surface area contributed by atoms with Crippen LogP contribution in [-0.2, 0) is 19.1 Å². The summed E-state index contributed by atoms with van der Waals surface area (Å²) in [5, 5.41) is 0. The fourth-order valence-corrected chi connectivity index (χ4v) is 7.35. The summed E-state index contributed by atoms with van der Waals surface area (Å²) < 4.78 is 10.8. The Bertz CT molecular complexity index is 629. The molecule has 0 bridgehead atoms. The molecular formula is C26H44O4. The molecule has 3 aliphatic carbocycles. The number of hydrogen-bond donors (Lipinski definition) is 0. The van der Waals surface area contributed by atoms with Gasteiger partial charge in [0.25, 0.3) is 0 Å². The van der Waals surface area contributed by atoms with Crippen LogP contribution < -0.4 is 0 Å². The van der Waals surface area contributed by atoms with Crippen molar-refractivity contribution in [2.45, 2.75) is 105 Å². The lowest BCUT2D eigenvalue weighted by Crippen LogP contribution is -2.56. The van der Waals surface area contributed by atoms with E-state index in [1.165, 1.54) is 32.1 Å².